The standard InChI is InChI=1S/C9H9BrF2N2O2/c1-16-9(15)5-2-4(3-10)6(13)7(14-5)8(11)12/h2,8H,3,13H2,1H3. The number of nitrogen functional groups attached to an aromatic ring is 1. The SMILES string of the molecule is COC(=O)c1cc(CBr)c(N)c(C(F)F)n1. The molecule has 0 spiro atoms. The van der Waals surface area contributed by atoms with Crippen LogP contribution in [0.3, 0.4) is 0 Å². The second-order valence-corrected chi connectivity index (χ2v) is 3.45. The number of nitrogens with zero attached hydrogens (tertiary/aromatic N) is 1. The Bertz CT molecular complexity index is 413. The average molecular weight is 295 g/mol. The lowest BCUT2D eigenvalue weighted by atomic mass is 10.1. The van der Waals surface area contributed by atoms with Crippen LogP contribution >= 0.6 is 15.9 Å². The molecule has 0 saturated carbocycles. The van der Waals surface area contributed by atoms with Crippen LogP contribution in [0.15, 0.2) is 6.07 Å². The van der Waals surface area contributed by atoms with E-state index in [0.29, 0.717) is 5.56 Å². The van der Waals surface area contributed by atoms with Crippen LogP contribution in [-0.4, -0.2) is 18.1 Å². The third-order valence-electron chi connectivity index (χ3n) is 1.92. The van der Waals surface area contributed by atoms with Gasteiger partial charge in [-0.1, -0.05) is 15.9 Å². The summed E-state index contributed by atoms with van der Waals surface area (Å²) in [5.74, 6) is -0.774. The third kappa shape index (κ3) is 2.46. The molecule has 0 saturated heterocycles. The van der Waals surface area contributed by atoms with E-state index in [0.717, 1.165) is 7.11 Å². The van der Waals surface area contributed by atoms with Crippen molar-refractivity contribution < 1.29 is 18.3 Å². The molecule has 0 aromatic carbocycles. The van der Waals surface area contributed by atoms with Crippen molar-refractivity contribution in [1.29, 1.82) is 0 Å². The van der Waals surface area contributed by atoms with Gasteiger partial charge < -0.3 is 10.5 Å². The smallest absolute Gasteiger partial charge is 0.356 e. The van der Waals surface area contributed by atoms with Gasteiger partial charge in [-0.2, -0.15) is 0 Å². The Morgan fingerprint density at radius 2 is 2.31 bits per heavy atom. The number of halogens is 3. The van der Waals surface area contributed by atoms with Gasteiger partial charge in [0, 0.05) is 5.33 Å². The maximum absolute atomic E-state index is 12.6. The number of carbonyl (C=O) groups is 1. The summed E-state index contributed by atoms with van der Waals surface area (Å²) in [7, 11) is 1.15. The summed E-state index contributed by atoms with van der Waals surface area (Å²) in [4.78, 5) is 14.7. The van der Waals surface area contributed by atoms with Gasteiger partial charge >= 0.3 is 5.97 Å². The number of nitrogens with two attached hydrogens (primary N) is 1. The molecule has 0 aliphatic rings. The van der Waals surface area contributed by atoms with Crippen molar-refractivity contribution in [3.05, 3.63) is 23.0 Å². The van der Waals surface area contributed by atoms with E-state index in [1.165, 1.54) is 6.07 Å². The number of pyridine rings is 1. The lowest BCUT2D eigenvalue weighted by molar-refractivity contribution is 0.0592. The van der Waals surface area contributed by atoms with Gasteiger partial charge in [-0.25, -0.2) is 18.6 Å². The molecule has 16 heavy (non-hydrogen) atoms. The minimum absolute atomic E-state index is 0.112. The zero-order chi connectivity index (χ0) is 12.3. The Labute approximate surface area is 98.9 Å². The van der Waals surface area contributed by atoms with Crippen LogP contribution in [0, 0.1) is 0 Å². The Hall–Kier alpha value is -1.24. The molecule has 0 unspecified atom stereocenters. The Balaban J connectivity index is 3.34. The summed E-state index contributed by atoms with van der Waals surface area (Å²) in [5, 5.41) is 0.255. The van der Waals surface area contributed by atoms with E-state index in [1.54, 1.807) is 0 Å². The van der Waals surface area contributed by atoms with Gasteiger partial charge in [0.2, 0.25) is 0 Å². The Kier molecular flexibility index (Phi) is 4.17. The van der Waals surface area contributed by atoms with Gasteiger partial charge in [-0.05, 0) is 11.6 Å². The van der Waals surface area contributed by atoms with Crippen molar-refractivity contribution in [1.82, 2.24) is 4.98 Å². The quantitative estimate of drug-likeness (QED) is 0.686. The fraction of sp³-hybridized carbons (Fsp3) is 0.333. The molecule has 0 aliphatic heterocycles. The molecule has 0 radical (unpaired) electrons. The van der Waals surface area contributed by atoms with Gasteiger partial charge in [0.05, 0.1) is 12.8 Å². The monoisotopic (exact) mass is 294 g/mol. The van der Waals surface area contributed by atoms with Crippen molar-refractivity contribution in [2.45, 2.75) is 11.8 Å². The van der Waals surface area contributed by atoms with E-state index in [-0.39, 0.29) is 16.7 Å². The maximum Gasteiger partial charge on any atom is 0.356 e. The molecular weight excluding hydrogens is 286 g/mol. The number of esters is 1. The normalized spacial score (nSPS) is 10.6. The first-order valence-electron chi connectivity index (χ1n) is 4.23. The summed E-state index contributed by atoms with van der Waals surface area (Å²) in [6.45, 7) is 0. The minimum Gasteiger partial charge on any atom is -0.464 e. The van der Waals surface area contributed by atoms with Crippen molar-refractivity contribution in [3.8, 4) is 0 Å². The summed E-state index contributed by atoms with van der Waals surface area (Å²) >= 11 is 3.09. The number of anilines is 1. The van der Waals surface area contributed by atoms with Gasteiger partial charge in [0.25, 0.3) is 6.43 Å². The molecule has 1 heterocycles. The number of aromatic nitrogens is 1. The summed E-state index contributed by atoms with van der Waals surface area (Å²) in [6.07, 6.45) is -2.83. The number of carbonyl (C=O) groups excluding carboxylic acids is 1. The van der Waals surface area contributed by atoms with E-state index < -0.39 is 18.1 Å². The molecule has 1 aromatic rings. The first kappa shape index (κ1) is 12.8. The second kappa shape index (κ2) is 5.20. The van der Waals surface area contributed by atoms with E-state index in [1.807, 2.05) is 0 Å². The van der Waals surface area contributed by atoms with E-state index in [4.69, 9.17) is 5.73 Å². The summed E-state index contributed by atoms with van der Waals surface area (Å²) in [5.41, 5.74) is 4.97. The van der Waals surface area contributed by atoms with Crippen molar-refractivity contribution in [2.75, 3.05) is 12.8 Å². The first-order chi connectivity index (χ1) is 7.51. The highest BCUT2D eigenvalue weighted by molar-refractivity contribution is 9.08. The number of ether oxygens (including phenoxy) is 1. The number of rotatable bonds is 3. The molecule has 7 heteroatoms. The van der Waals surface area contributed by atoms with Gasteiger partial charge in [0.1, 0.15) is 11.4 Å². The molecule has 88 valence electrons. The van der Waals surface area contributed by atoms with Crippen LogP contribution in [0.25, 0.3) is 0 Å². The molecule has 0 atom stereocenters. The first-order valence-corrected chi connectivity index (χ1v) is 5.35. The number of alkyl halides is 3. The van der Waals surface area contributed by atoms with Crippen molar-refractivity contribution in [2.24, 2.45) is 0 Å². The van der Waals surface area contributed by atoms with E-state index in [2.05, 4.69) is 25.7 Å². The fourth-order valence-electron chi connectivity index (χ4n) is 1.12. The van der Waals surface area contributed by atoms with E-state index >= 15 is 0 Å². The van der Waals surface area contributed by atoms with Gasteiger partial charge in [-0.3, -0.25) is 0 Å². The number of hydrogen-bond acceptors (Lipinski definition) is 4. The molecule has 4 nitrogen and oxygen atoms in total. The third-order valence-corrected chi connectivity index (χ3v) is 2.52. The highest BCUT2D eigenvalue weighted by Gasteiger charge is 2.20. The molecule has 0 fully saturated rings. The van der Waals surface area contributed by atoms with E-state index in [9.17, 15) is 13.6 Å². The summed E-state index contributed by atoms with van der Waals surface area (Å²) in [6, 6.07) is 1.32. The zero-order valence-electron chi connectivity index (χ0n) is 8.34. The van der Waals surface area contributed by atoms with Crippen LogP contribution < -0.4 is 5.73 Å². The van der Waals surface area contributed by atoms with Crippen molar-refractivity contribution >= 4 is 27.6 Å². The topological polar surface area (TPSA) is 65.2 Å². The molecule has 1 rings (SSSR count). The fourth-order valence-corrected chi connectivity index (χ4v) is 1.58. The second-order valence-electron chi connectivity index (χ2n) is 2.89. The lowest BCUT2D eigenvalue weighted by Crippen LogP contribution is -2.10. The maximum atomic E-state index is 12.6. The molecular formula is C9H9BrF2N2O2. The minimum atomic E-state index is -2.83. The van der Waals surface area contributed by atoms with Crippen LogP contribution in [0.1, 0.15) is 28.2 Å². The van der Waals surface area contributed by atoms with Crippen LogP contribution in [0.4, 0.5) is 14.5 Å². The number of methoxy groups -OCH3 is 1. The van der Waals surface area contributed by atoms with Crippen molar-refractivity contribution in [3.63, 3.8) is 0 Å². The van der Waals surface area contributed by atoms with Crippen LogP contribution in [-0.2, 0) is 10.1 Å². The molecule has 1 aromatic heterocycles. The number of hydrogen-bond donors (Lipinski definition) is 1. The average Bonchev–Trinajstić information content (AvgIpc) is 2.27. The van der Waals surface area contributed by atoms with Gasteiger partial charge in [0.15, 0.2) is 0 Å². The lowest BCUT2D eigenvalue weighted by Gasteiger charge is -2.10. The molecule has 0 aliphatic carbocycles. The largest absolute Gasteiger partial charge is 0.464 e. The molecule has 0 bridgehead atoms. The predicted octanol–water partition coefficient (Wildman–Crippen LogP) is 2.28. The Morgan fingerprint density at radius 3 is 2.75 bits per heavy atom. The highest BCUT2D eigenvalue weighted by atomic mass is 79.9. The molecule has 2 N–H and O–H groups in total. The predicted molar refractivity (Wildman–Crippen MR) is 57.6 cm³/mol. The Morgan fingerprint density at radius 1 is 1.69 bits per heavy atom. The van der Waals surface area contributed by atoms with Crippen LogP contribution in [0.5, 0.6) is 0 Å². The van der Waals surface area contributed by atoms with Crippen LogP contribution in [0.2, 0.25) is 0 Å². The summed E-state index contributed by atoms with van der Waals surface area (Å²) < 4.78 is 29.6. The highest BCUT2D eigenvalue weighted by Crippen LogP contribution is 2.28. The molecule has 0 amide bonds. The van der Waals surface area contributed by atoms with Gasteiger partial charge in [-0.15, -0.1) is 0 Å². The zero-order valence-corrected chi connectivity index (χ0v) is 9.92.